The van der Waals surface area contributed by atoms with Crippen molar-refractivity contribution in [2.75, 3.05) is 0 Å². The molecule has 0 fully saturated rings. The van der Waals surface area contributed by atoms with Crippen molar-refractivity contribution in [3.63, 3.8) is 0 Å². The first-order valence-corrected chi connectivity index (χ1v) is 1.61. The molecule has 0 radical (unpaired) electrons. The molecule has 0 rings (SSSR count). The summed E-state index contributed by atoms with van der Waals surface area (Å²) >= 11 is 0. The van der Waals surface area contributed by atoms with Gasteiger partial charge in [0.05, 0.1) is 0 Å². The van der Waals surface area contributed by atoms with Gasteiger partial charge < -0.3 is 10.8 Å². The van der Waals surface area contributed by atoms with Crippen LogP contribution in [0.1, 0.15) is 0 Å². The first kappa shape index (κ1) is 4.70. The highest BCUT2D eigenvalue weighted by molar-refractivity contribution is 7.15. The third kappa shape index (κ3) is 3.70. The second-order valence-electron chi connectivity index (χ2n) is 0.509. The summed E-state index contributed by atoms with van der Waals surface area (Å²) in [6, 6.07) is -0.532. The Morgan fingerprint density at radius 2 is 2.20 bits per heavy atom. The summed E-state index contributed by atoms with van der Waals surface area (Å²) in [6.45, 7) is 0. The molecule has 0 saturated heterocycles. The van der Waals surface area contributed by atoms with Crippen molar-refractivity contribution in [2.24, 2.45) is 5.73 Å². The topological polar surface area (TPSA) is 55.1 Å². The fourth-order valence-corrected chi connectivity index (χ4v) is 0. The lowest BCUT2D eigenvalue weighted by Crippen LogP contribution is -2.19. The first-order valence-electron chi connectivity index (χ1n) is 1.03. The van der Waals surface area contributed by atoms with Crippen molar-refractivity contribution in [3.8, 4) is 0 Å². The minimum atomic E-state index is -0.532. The van der Waals surface area contributed by atoms with Crippen LogP contribution in [-0.4, -0.2) is 6.03 Å². The van der Waals surface area contributed by atoms with Crippen LogP contribution in [0.3, 0.4) is 0 Å². The number of primary amides is 1. The number of hydrogen-bond donors (Lipinski definition) is 2. The predicted molar refractivity (Wildman–Crippen MR) is 22.4 cm³/mol. The van der Waals surface area contributed by atoms with Gasteiger partial charge in [-0.1, -0.05) is 0 Å². The highest BCUT2D eigenvalue weighted by Crippen LogP contribution is 1.60. The Labute approximate surface area is 32.2 Å². The van der Waals surface area contributed by atoms with E-state index < -0.39 is 6.03 Å². The lowest BCUT2D eigenvalue weighted by Gasteiger charge is -1.80. The van der Waals surface area contributed by atoms with Crippen LogP contribution in [0.2, 0.25) is 0 Å². The predicted octanol–water partition coefficient (Wildman–Crippen LogP) is -0.555. The average molecular weight is 92.0 g/mol. The lowest BCUT2D eigenvalue weighted by atomic mass is 11.2. The number of amides is 2. The van der Waals surface area contributed by atoms with Crippen LogP contribution < -0.4 is 10.8 Å². The van der Waals surface area contributed by atoms with E-state index in [1.807, 2.05) is 9.39 Å². The normalized spacial score (nSPS) is 6.60. The number of carbonyl (C=O) groups excluding carboxylic acids is 1. The maximum atomic E-state index is 9.46. The van der Waals surface area contributed by atoms with Crippen molar-refractivity contribution >= 4 is 15.4 Å². The molecule has 0 saturated carbocycles. The molecule has 3 nitrogen and oxygen atoms in total. The summed E-state index contributed by atoms with van der Waals surface area (Å²) in [6.07, 6.45) is 0. The first-order chi connectivity index (χ1) is 2.27. The molecule has 1 atom stereocenters. The minimum absolute atomic E-state index is 0.532. The van der Waals surface area contributed by atoms with Crippen LogP contribution in [0.15, 0.2) is 0 Å². The molecule has 0 aliphatic rings. The standard InChI is InChI=1S/CH5N2OP/c2-1(4)3-5/h5H2,(H3,2,3,4). The van der Waals surface area contributed by atoms with E-state index >= 15 is 0 Å². The second kappa shape index (κ2) is 1.97. The van der Waals surface area contributed by atoms with Gasteiger partial charge in [-0.05, 0) is 9.39 Å². The monoisotopic (exact) mass is 92.0 g/mol. The summed E-state index contributed by atoms with van der Waals surface area (Å²) in [7, 11) is 1.97. The van der Waals surface area contributed by atoms with Gasteiger partial charge in [0.2, 0.25) is 0 Å². The smallest absolute Gasteiger partial charge is 0.315 e. The largest absolute Gasteiger partial charge is 0.351 e. The molecule has 0 bridgehead atoms. The number of urea groups is 1. The van der Waals surface area contributed by atoms with E-state index in [2.05, 4.69) is 10.8 Å². The van der Waals surface area contributed by atoms with Crippen molar-refractivity contribution in [1.29, 1.82) is 0 Å². The summed E-state index contributed by atoms with van der Waals surface area (Å²) in [5.74, 6) is 0. The molecular formula is CH5N2OP. The fourth-order valence-electron chi connectivity index (χ4n) is 0. The Hall–Kier alpha value is -0.300. The van der Waals surface area contributed by atoms with E-state index in [0.29, 0.717) is 0 Å². The number of hydrogen-bond acceptors (Lipinski definition) is 1. The van der Waals surface area contributed by atoms with Crippen molar-refractivity contribution in [2.45, 2.75) is 0 Å². The number of nitrogens with one attached hydrogen (secondary N) is 1. The average Bonchev–Trinajstić information content (AvgIpc) is 1.38. The van der Waals surface area contributed by atoms with Crippen molar-refractivity contribution < 1.29 is 4.79 Å². The van der Waals surface area contributed by atoms with Crippen LogP contribution >= 0.6 is 9.39 Å². The molecule has 0 spiro atoms. The molecule has 0 aromatic heterocycles. The van der Waals surface area contributed by atoms with E-state index in [9.17, 15) is 4.79 Å². The van der Waals surface area contributed by atoms with Crippen LogP contribution in [-0.2, 0) is 0 Å². The van der Waals surface area contributed by atoms with Gasteiger partial charge in [0.15, 0.2) is 0 Å². The number of carbonyl (C=O) groups is 1. The molecule has 30 valence electrons. The Morgan fingerprint density at radius 1 is 2.00 bits per heavy atom. The van der Waals surface area contributed by atoms with E-state index in [1.54, 1.807) is 0 Å². The fraction of sp³-hybridized carbons (Fsp3) is 0. The van der Waals surface area contributed by atoms with Crippen molar-refractivity contribution in [1.82, 2.24) is 5.09 Å². The quantitative estimate of drug-likeness (QED) is 0.387. The zero-order valence-corrected chi connectivity index (χ0v) is 3.72. The van der Waals surface area contributed by atoms with Gasteiger partial charge in [0, 0.05) is 0 Å². The molecule has 0 aliphatic heterocycles. The molecule has 5 heavy (non-hydrogen) atoms. The minimum Gasteiger partial charge on any atom is -0.351 e. The third-order valence-corrected chi connectivity index (χ3v) is 0.427. The van der Waals surface area contributed by atoms with Gasteiger partial charge in [-0.15, -0.1) is 0 Å². The second-order valence-corrected chi connectivity index (χ2v) is 0.797. The zero-order chi connectivity index (χ0) is 4.28. The molecule has 0 aromatic rings. The maximum Gasteiger partial charge on any atom is 0.315 e. The SMILES string of the molecule is NC(=O)NP. The van der Waals surface area contributed by atoms with Gasteiger partial charge in [0.25, 0.3) is 0 Å². The Kier molecular flexibility index (Phi) is 1.85. The number of nitrogens with two attached hydrogens (primary N) is 1. The summed E-state index contributed by atoms with van der Waals surface area (Å²) in [5.41, 5.74) is 4.52. The van der Waals surface area contributed by atoms with Crippen LogP contribution in [0.5, 0.6) is 0 Å². The molecule has 0 aliphatic carbocycles. The Balaban J connectivity index is 2.85. The summed E-state index contributed by atoms with van der Waals surface area (Å²) in [5, 5.41) is 2.08. The Morgan fingerprint density at radius 3 is 2.20 bits per heavy atom. The van der Waals surface area contributed by atoms with E-state index in [-0.39, 0.29) is 0 Å². The van der Waals surface area contributed by atoms with E-state index in [0.717, 1.165) is 0 Å². The van der Waals surface area contributed by atoms with Crippen LogP contribution in [0.25, 0.3) is 0 Å². The molecule has 3 N–H and O–H groups in total. The van der Waals surface area contributed by atoms with E-state index in [1.165, 1.54) is 0 Å². The van der Waals surface area contributed by atoms with Gasteiger partial charge in [-0.3, -0.25) is 0 Å². The van der Waals surface area contributed by atoms with Crippen molar-refractivity contribution in [3.05, 3.63) is 0 Å². The lowest BCUT2D eigenvalue weighted by molar-refractivity contribution is 0.254. The summed E-state index contributed by atoms with van der Waals surface area (Å²) in [4.78, 5) is 9.46. The molecule has 4 heteroatoms. The van der Waals surface area contributed by atoms with Crippen LogP contribution in [0, 0.1) is 0 Å². The van der Waals surface area contributed by atoms with Crippen LogP contribution in [0.4, 0.5) is 4.79 Å². The highest BCUT2D eigenvalue weighted by atomic mass is 31.0. The number of rotatable bonds is 0. The van der Waals surface area contributed by atoms with Gasteiger partial charge in [0.1, 0.15) is 0 Å². The molecule has 2 amide bonds. The summed E-state index contributed by atoms with van der Waals surface area (Å²) < 4.78 is 0. The van der Waals surface area contributed by atoms with Gasteiger partial charge >= 0.3 is 6.03 Å². The molecule has 0 heterocycles. The maximum absolute atomic E-state index is 9.46. The molecule has 1 unspecified atom stereocenters. The molecule has 0 aromatic carbocycles. The van der Waals surface area contributed by atoms with Gasteiger partial charge in [-0.2, -0.15) is 0 Å². The highest BCUT2D eigenvalue weighted by Gasteiger charge is 1.73. The zero-order valence-electron chi connectivity index (χ0n) is 2.56. The molecular weight excluding hydrogens is 87.0 g/mol. The van der Waals surface area contributed by atoms with E-state index in [4.69, 9.17) is 0 Å². The third-order valence-electron chi connectivity index (χ3n) is 0.142. The Bertz CT molecular complexity index is 44.9. The van der Waals surface area contributed by atoms with Gasteiger partial charge in [-0.25, -0.2) is 4.79 Å².